The van der Waals surface area contributed by atoms with Crippen molar-refractivity contribution >= 4 is 5.91 Å². The molecule has 1 saturated carbocycles. The summed E-state index contributed by atoms with van der Waals surface area (Å²) < 4.78 is 5.18. The van der Waals surface area contributed by atoms with Crippen LogP contribution in [0.4, 0.5) is 0 Å². The quantitative estimate of drug-likeness (QED) is 0.808. The molecule has 0 aliphatic heterocycles. The number of carbonyl (C=O) groups is 1. The third kappa shape index (κ3) is 3.53. The lowest BCUT2D eigenvalue weighted by Crippen LogP contribution is -2.34. The van der Waals surface area contributed by atoms with Crippen molar-refractivity contribution in [2.75, 3.05) is 6.54 Å². The molecular weight excluding hydrogens is 244 g/mol. The summed E-state index contributed by atoms with van der Waals surface area (Å²) in [5, 5.41) is 6.79. The van der Waals surface area contributed by atoms with Crippen molar-refractivity contribution in [2.24, 2.45) is 5.73 Å². The van der Waals surface area contributed by atoms with Gasteiger partial charge in [-0.2, -0.15) is 4.98 Å². The van der Waals surface area contributed by atoms with Gasteiger partial charge in [0, 0.05) is 19.4 Å². The average Bonchev–Trinajstić information content (AvgIpc) is 3.03. The summed E-state index contributed by atoms with van der Waals surface area (Å²) in [4.78, 5) is 15.8. The summed E-state index contributed by atoms with van der Waals surface area (Å²) in [5.41, 5.74) is 5.83. The average molecular weight is 266 g/mol. The van der Waals surface area contributed by atoms with Gasteiger partial charge in [0.15, 0.2) is 5.82 Å². The molecule has 0 atom stereocenters. The number of rotatable bonds is 6. The minimum Gasteiger partial charge on any atom is -0.356 e. The van der Waals surface area contributed by atoms with Gasteiger partial charge in [0.25, 0.3) is 0 Å². The highest BCUT2D eigenvalue weighted by Crippen LogP contribution is 2.34. The highest BCUT2D eigenvalue weighted by atomic mass is 16.5. The summed E-state index contributed by atoms with van der Waals surface area (Å²) >= 11 is 0. The van der Waals surface area contributed by atoms with Crippen LogP contribution < -0.4 is 11.1 Å². The zero-order valence-electron chi connectivity index (χ0n) is 11.4. The minimum absolute atomic E-state index is 0.0185. The second kappa shape index (κ2) is 6.14. The van der Waals surface area contributed by atoms with Crippen LogP contribution in [-0.2, 0) is 16.8 Å². The Balaban J connectivity index is 1.85. The predicted octanol–water partition coefficient (Wildman–Crippen LogP) is 1.26. The van der Waals surface area contributed by atoms with Crippen molar-refractivity contribution in [3.63, 3.8) is 0 Å². The SMILES string of the molecule is CCCNC(=O)CCc1nc(C2(N)CCCC2)no1. The second-order valence-corrected chi connectivity index (χ2v) is 5.22. The van der Waals surface area contributed by atoms with E-state index >= 15 is 0 Å². The van der Waals surface area contributed by atoms with Crippen LogP contribution in [0.25, 0.3) is 0 Å². The van der Waals surface area contributed by atoms with E-state index in [-0.39, 0.29) is 5.91 Å². The number of aryl methyl sites for hydroxylation is 1. The maximum absolute atomic E-state index is 11.5. The number of carbonyl (C=O) groups excluding carboxylic acids is 1. The molecule has 2 rings (SSSR count). The summed E-state index contributed by atoms with van der Waals surface area (Å²) in [6.07, 6.45) is 5.81. The van der Waals surface area contributed by atoms with Gasteiger partial charge in [0.05, 0.1) is 5.54 Å². The summed E-state index contributed by atoms with van der Waals surface area (Å²) in [5.74, 6) is 1.11. The van der Waals surface area contributed by atoms with Crippen molar-refractivity contribution in [3.8, 4) is 0 Å². The Morgan fingerprint density at radius 2 is 2.21 bits per heavy atom. The molecule has 1 fully saturated rings. The fourth-order valence-corrected chi connectivity index (χ4v) is 2.36. The zero-order valence-corrected chi connectivity index (χ0v) is 11.4. The molecule has 1 aromatic heterocycles. The van der Waals surface area contributed by atoms with Crippen molar-refractivity contribution in [1.29, 1.82) is 0 Å². The van der Waals surface area contributed by atoms with E-state index < -0.39 is 5.54 Å². The molecule has 1 amide bonds. The van der Waals surface area contributed by atoms with Crippen LogP contribution in [0.2, 0.25) is 0 Å². The molecular formula is C13H22N4O2. The number of nitrogens with one attached hydrogen (secondary N) is 1. The van der Waals surface area contributed by atoms with Gasteiger partial charge in [-0.05, 0) is 19.3 Å². The van der Waals surface area contributed by atoms with Crippen LogP contribution in [0, 0.1) is 0 Å². The van der Waals surface area contributed by atoms with Gasteiger partial charge < -0.3 is 15.6 Å². The Labute approximate surface area is 113 Å². The van der Waals surface area contributed by atoms with Crippen LogP contribution in [0.5, 0.6) is 0 Å². The third-order valence-corrected chi connectivity index (χ3v) is 3.55. The first-order valence-corrected chi connectivity index (χ1v) is 7.03. The molecule has 1 heterocycles. The second-order valence-electron chi connectivity index (χ2n) is 5.22. The summed E-state index contributed by atoms with van der Waals surface area (Å²) in [6, 6.07) is 0. The van der Waals surface area contributed by atoms with E-state index in [1.54, 1.807) is 0 Å². The van der Waals surface area contributed by atoms with Gasteiger partial charge in [-0.15, -0.1) is 0 Å². The molecule has 0 aromatic carbocycles. The third-order valence-electron chi connectivity index (χ3n) is 3.55. The first kappa shape index (κ1) is 14.0. The molecule has 1 aromatic rings. The molecule has 0 spiro atoms. The molecule has 1 aliphatic carbocycles. The number of nitrogens with zero attached hydrogens (tertiary/aromatic N) is 2. The molecule has 19 heavy (non-hydrogen) atoms. The standard InChI is InChI=1S/C13H22N4O2/c1-2-9-15-10(18)5-6-11-16-12(17-19-11)13(14)7-3-4-8-13/h2-9,14H2,1H3,(H,15,18). The Kier molecular flexibility index (Phi) is 4.52. The molecule has 0 saturated heterocycles. The lowest BCUT2D eigenvalue weighted by Gasteiger charge is -2.17. The zero-order chi connectivity index (χ0) is 13.7. The fraction of sp³-hybridized carbons (Fsp3) is 0.769. The molecule has 6 heteroatoms. The summed E-state index contributed by atoms with van der Waals surface area (Å²) in [7, 11) is 0. The van der Waals surface area contributed by atoms with Crippen LogP contribution in [0.3, 0.4) is 0 Å². The monoisotopic (exact) mass is 266 g/mol. The molecule has 6 nitrogen and oxygen atoms in total. The normalized spacial score (nSPS) is 17.6. The van der Waals surface area contributed by atoms with Crippen molar-refractivity contribution in [2.45, 2.75) is 57.4 Å². The van der Waals surface area contributed by atoms with Crippen molar-refractivity contribution in [1.82, 2.24) is 15.5 Å². The molecule has 106 valence electrons. The maximum Gasteiger partial charge on any atom is 0.227 e. The Hall–Kier alpha value is -1.43. The molecule has 0 radical (unpaired) electrons. The largest absolute Gasteiger partial charge is 0.356 e. The Bertz CT molecular complexity index is 424. The number of aromatic nitrogens is 2. The number of amides is 1. The van der Waals surface area contributed by atoms with E-state index in [1.165, 1.54) is 0 Å². The maximum atomic E-state index is 11.5. The first-order chi connectivity index (χ1) is 9.14. The number of nitrogens with two attached hydrogens (primary N) is 1. The molecule has 0 unspecified atom stereocenters. The van der Waals surface area contributed by atoms with Crippen molar-refractivity contribution in [3.05, 3.63) is 11.7 Å². The Morgan fingerprint density at radius 3 is 2.89 bits per heavy atom. The Morgan fingerprint density at radius 1 is 1.47 bits per heavy atom. The van der Waals surface area contributed by atoms with Gasteiger partial charge >= 0.3 is 0 Å². The van der Waals surface area contributed by atoms with Crippen LogP contribution in [0.15, 0.2) is 4.52 Å². The molecule has 3 N–H and O–H groups in total. The van der Waals surface area contributed by atoms with E-state index in [2.05, 4.69) is 15.5 Å². The van der Waals surface area contributed by atoms with E-state index in [0.717, 1.165) is 32.1 Å². The number of hydrogen-bond acceptors (Lipinski definition) is 5. The van der Waals surface area contributed by atoms with E-state index in [4.69, 9.17) is 10.3 Å². The van der Waals surface area contributed by atoms with Crippen LogP contribution >= 0.6 is 0 Å². The molecule has 1 aliphatic rings. The van der Waals surface area contributed by atoms with Crippen LogP contribution in [0.1, 0.15) is 57.2 Å². The van der Waals surface area contributed by atoms with Gasteiger partial charge in [-0.3, -0.25) is 4.79 Å². The topological polar surface area (TPSA) is 94.0 Å². The summed E-state index contributed by atoms with van der Waals surface area (Å²) in [6.45, 7) is 2.73. The van der Waals surface area contributed by atoms with E-state index in [1.807, 2.05) is 6.92 Å². The van der Waals surface area contributed by atoms with Gasteiger partial charge in [-0.25, -0.2) is 0 Å². The first-order valence-electron chi connectivity index (χ1n) is 7.03. The van der Waals surface area contributed by atoms with Gasteiger partial charge in [0.1, 0.15) is 0 Å². The van der Waals surface area contributed by atoms with E-state index in [9.17, 15) is 4.79 Å². The van der Waals surface area contributed by atoms with Gasteiger partial charge in [-0.1, -0.05) is 24.9 Å². The highest BCUT2D eigenvalue weighted by molar-refractivity contribution is 5.75. The van der Waals surface area contributed by atoms with Gasteiger partial charge in [0.2, 0.25) is 11.8 Å². The van der Waals surface area contributed by atoms with Crippen LogP contribution in [-0.4, -0.2) is 22.6 Å². The molecule has 0 bridgehead atoms. The van der Waals surface area contributed by atoms with Crippen molar-refractivity contribution < 1.29 is 9.32 Å². The smallest absolute Gasteiger partial charge is 0.227 e. The minimum atomic E-state index is -0.424. The fourth-order valence-electron chi connectivity index (χ4n) is 2.36. The highest BCUT2D eigenvalue weighted by Gasteiger charge is 2.35. The lowest BCUT2D eigenvalue weighted by molar-refractivity contribution is -0.121. The predicted molar refractivity (Wildman–Crippen MR) is 70.3 cm³/mol. The van der Waals surface area contributed by atoms with E-state index in [0.29, 0.717) is 31.1 Å². The number of hydrogen-bond donors (Lipinski definition) is 2. The lowest BCUT2D eigenvalue weighted by atomic mass is 9.99.